The van der Waals surface area contributed by atoms with E-state index in [4.69, 9.17) is 4.74 Å². The zero-order valence-corrected chi connectivity index (χ0v) is 18.6. The molecule has 3 aromatic rings. The average molecular weight is 452 g/mol. The van der Waals surface area contributed by atoms with Gasteiger partial charge in [-0.2, -0.15) is 0 Å². The molecular formula is C23H25N5O3S. The SMILES string of the molecule is COc1ccccc1N1CCN(C(=O)Cc2csc(NC(=O)Nc3ccccc3)n2)CC1. The van der Waals surface area contributed by atoms with Crippen LogP contribution in [0.25, 0.3) is 0 Å². The smallest absolute Gasteiger partial charge is 0.325 e. The number of hydrogen-bond acceptors (Lipinski definition) is 6. The second-order valence-electron chi connectivity index (χ2n) is 7.31. The molecule has 2 aromatic carbocycles. The van der Waals surface area contributed by atoms with Crippen LogP contribution in [0.4, 0.5) is 21.3 Å². The van der Waals surface area contributed by atoms with Crippen LogP contribution >= 0.6 is 11.3 Å². The summed E-state index contributed by atoms with van der Waals surface area (Å²) in [5, 5.41) is 7.73. The van der Waals surface area contributed by atoms with E-state index in [0.29, 0.717) is 29.6 Å². The fourth-order valence-electron chi connectivity index (χ4n) is 3.58. The Morgan fingerprint density at radius 1 is 1.00 bits per heavy atom. The van der Waals surface area contributed by atoms with Crippen molar-refractivity contribution >= 4 is 39.8 Å². The summed E-state index contributed by atoms with van der Waals surface area (Å²) in [7, 11) is 1.67. The van der Waals surface area contributed by atoms with Gasteiger partial charge in [0.1, 0.15) is 5.75 Å². The van der Waals surface area contributed by atoms with Gasteiger partial charge in [-0.1, -0.05) is 30.3 Å². The number of hydrogen-bond donors (Lipinski definition) is 2. The van der Waals surface area contributed by atoms with Gasteiger partial charge in [-0.25, -0.2) is 9.78 Å². The van der Waals surface area contributed by atoms with Crippen molar-refractivity contribution in [1.29, 1.82) is 0 Å². The molecule has 2 N–H and O–H groups in total. The molecule has 8 nitrogen and oxygen atoms in total. The molecule has 1 fully saturated rings. The summed E-state index contributed by atoms with van der Waals surface area (Å²) in [5.74, 6) is 0.876. The van der Waals surface area contributed by atoms with Gasteiger partial charge >= 0.3 is 6.03 Å². The highest BCUT2D eigenvalue weighted by atomic mass is 32.1. The zero-order chi connectivity index (χ0) is 22.3. The number of urea groups is 1. The predicted octanol–water partition coefficient (Wildman–Crippen LogP) is 3.69. The average Bonchev–Trinajstić information content (AvgIpc) is 3.26. The Balaban J connectivity index is 1.27. The number of carbonyl (C=O) groups excluding carboxylic acids is 2. The third-order valence-electron chi connectivity index (χ3n) is 5.19. The van der Waals surface area contributed by atoms with Crippen LogP contribution in [0.2, 0.25) is 0 Å². The number of benzene rings is 2. The highest BCUT2D eigenvalue weighted by Gasteiger charge is 2.23. The van der Waals surface area contributed by atoms with Crippen molar-refractivity contribution in [2.75, 3.05) is 48.8 Å². The van der Waals surface area contributed by atoms with E-state index in [1.807, 2.05) is 47.4 Å². The molecule has 0 atom stereocenters. The molecule has 32 heavy (non-hydrogen) atoms. The summed E-state index contributed by atoms with van der Waals surface area (Å²) in [6.45, 7) is 2.78. The van der Waals surface area contributed by atoms with Crippen molar-refractivity contribution < 1.29 is 14.3 Å². The summed E-state index contributed by atoms with van der Waals surface area (Å²) in [6.07, 6.45) is 0.215. The summed E-state index contributed by atoms with van der Waals surface area (Å²) >= 11 is 1.30. The van der Waals surface area contributed by atoms with Crippen molar-refractivity contribution in [1.82, 2.24) is 9.88 Å². The van der Waals surface area contributed by atoms with Crippen LogP contribution in [0.1, 0.15) is 5.69 Å². The first-order valence-corrected chi connectivity index (χ1v) is 11.2. The Morgan fingerprint density at radius 3 is 2.47 bits per heavy atom. The van der Waals surface area contributed by atoms with Crippen LogP contribution < -0.4 is 20.3 Å². The molecule has 1 aliphatic rings. The van der Waals surface area contributed by atoms with Gasteiger partial charge in [-0.15, -0.1) is 11.3 Å². The van der Waals surface area contributed by atoms with Gasteiger partial charge in [0.25, 0.3) is 0 Å². The molecule has 1 aromatic heterocycles. The van der Waals surface area contributed by atoms with Crippen LogP contribution in [0.3, 0.4) is 0 Å². The summed E-state index contributed by atoms with van der Waals surface area (Å²) in [4.78, 5) is 33.3. The third kappa shape index (κ3) is 5.36. The predicted molar refractivity (Wildman–Crippen MR) is 127 cm³/mol. The van der Waals surface area contributed by atoms with Crippen molar-refractivity contribution in [3.05, 3.63) is 65.7 Å². The van der Waals surface area contributed by atoms with Crippen molar-refractivity contribution in [2.45, 2.75) is 6.42 Å². The first-order chi connectivity index (χ1) is 15.6. The number of methoxy groups -OCH3 is 1. The maximum absolute atomic E-state index is 12.8. The highest BCUT2D eigenvalue weighted by molar-refractivity contribution is 7.14. The Labute approximate surface area is 190 Å². The number of amides is 3. The quantitative estimate of drug-likeness (QED) is 0.597. The van der Waals surface area contributed by atoms with Crippen LogP contribution in [-0.4, -0.2) is 55.1 Å². The Kier molecular flexibility index (Phi) is 6.86. The van der Waals surface area contributed by atoms with Gasteiger partial charge in [-0.05, 0) is 24.3 Å². The molecule has 9 heteroatoms. The zero-order valence-electron chi connectivity index (χ0n) is 17.8. The molecular weight excluding hydrogens is 426 g/mol. The van der Waals surface area contributed by atoms with Crippen molar-refractivity contribution in [3.8, 4) is 5.75 Å². The molecule has 2 heterocycles. The van der Waals surface area contributed by atoms with Crippen molar-refractivity contribution in [3.63, 3.8) is 0 Å². The van der Waals surface area contributed by atoms with E-state index in [9.17, 15) is 9.59 Å². The van der Waals surface area contributed by atoms with E-state index < -0.39 is 0 Å². The van der Waals surface area contributed by atoms with Crippen LogP contribution in [0.15, 0.2) is 60.0 Å². The monoisotopic (exact) mass is 451 g/mol. The lowest BCUT2D eigenvalue weighted by molar-refractivity contribution is -0.130. The Bertz CT molecular complexity index is 1060. The maximum Gasteiger partial charge on any atom is 0.325 e. The fraction of sp³-hybridized carbons (Fsp3) is 0.261. The topological polar surface area (TPSA) is 86.8 Å². The van der Waals surface area contributed by atoms with Gasteiger partial charge in [-0.3, -0.25) is 10.1 Å². The summed E-state index contributed by atoms with van der Waals surface area (Å²) < 4.78 is 5.45. The van der Waals surface area contributed by atoms with Gasteiger partial charge < -0.3 is 19.9 Å². The highest BCUT2D eigenvalue weighted by Crippen LogP contribution is 2.28. The van der Waals surface area contributed by atoms with Crippen LogP contribution in [0.5, 0.6) is 5.75 Å². The molecule has 3 amide bonds. The van der Waals surface area contributed by atoms with Gasteiger partial charge in [0, 0.05) is 37.2 Å². The number of ether oxygens (including phenoxy) is 1. The van der Waals surface area contributed by atoms with Crippen LogP contribution in [-0.2, 0) is 11.2 Å². The number of aromatic nitrogens is 1. The minimum atomic E-state index is -0.365. The van der Waals surface area contributed by atoms with Crippen LogP contribution in [0, 0.1) is 0 Å². The lowest BCUT2D eigenvalue weighted by Crippen LogP contribution is -2.49. The number of thiazole rings is 1. The number of rotatable bonds is 6. The van der Waals surface area contributed by atoms with E-state index in [2.05, 4.69) is 20.5 Å². The van der Waals surface area contributed by atoms with Gasteiger partial charge in [0.05, 0.1) is 24.9 Å². The molecule has 0 saturated carbocycles. The normalized spacial score (nSPS) is 13.5. The fourth-order valence-corrected chi connectivity index (χ4v) is 4.29. The standard InChI is InChI=1S/C23H25N5O3S/c1-31-20-10-6-5-9-19(20)27-11-13-28(14-12-27)21(29)15-18-16-32-23(25-18)26-22(30)24-17-7-3-2-4-8-17/h2-10,16H,11-15H2,1H3,(H2,24,25,26,30). The van der Waals surface area contributed by atoms with E-state index in [1.165, 1.54) is 11.3 Å². The Morgan fingerprint density at radius 2 is 1.72 bits per heavy atom. The molecule has 166 valence electrons. The Hall–Kier alpha value is -3.59. The number of piperazine rings is 1. The first-order valence-electron chi connectivity index (χ1n) is 10.4. The van der Waals surface area contributed by atoms with E-state index in [-0.39, 0.29) is 18.4 Å². The molecule has 0 unspecified atom stereocenters. The van der Waals surface area contributed by atoms with E-state index >= 15 is 0 Å². The number of para-hydroxylation sites is 3. The second-order valence-corrected chi connectivity index (χ2v) is 8.16. The van der Waals surface area contributed by atoms with Gasteiger partial charge in [0.2, 0.25) is 5.91 Å². The molecule has 0 aliphatic carbocycles. The molecule has 0 spiro atoms. The molecule has 0 radical (unpaired) electrons. The second kappa shape index (κ2) is 10.1. The molecule has 1 saturated heterocycles. The minimum Gasteiger partial charge on any atom is -0.495 e. The lowest BCUT2D eigenvalue weighted by Gasteiger charge is -2.36. The molecule has 4 rings (SSSR count). The molecule has 0 bridgehead atoms. The van der Waals surface area contributed by atoms with E-state index in [1.54, 1.807) is 24.6 Å². The number of anilines is 3. The summed E-state index contributed by atoms with van der Waals surface area (Å²) in [5.41, 5.74) is 2.40. The number of nitrogens with zero attached hydrogens (tertiary/aromatic N) is 3. The first kappa shape index (κ1) is 21.6. The van der Waals surface area contributed by atoms with Gasteiger partial charge in [0.15, 0.2) is 5.13 Å². The summed E-state index contributed by atoms with van der Waals surface area (Å²) in [6, 6.07) is 16.7. The maximum atomic E-state index is 12.8. The van der Waals surface area contributed by atoms with E-state index in [0.717, 1.165) is 24.5 Å². The lowest BCUT2D eigenvalue weighted by atomic mass is 10.2. The number of carbonyl (C=O) groups is 2. The third-order valence-corrected chi connectivity index (χ3v) is 6.00. The molecule has 1 aliphatic heterocycles. The van der Waals surface area contributed by atoms with Crippen molar-refractivity contribution in [2.24, 2.45) is 0 Å². The number of nitrogens with one attached hydrogen (secondary N) is 2. The largest absolute Gasteiger partial charge is 0.495 e. The minimum absolute atomic E-state index is 0.0373.